The maximum Gasteiger partial charge on any atom is 0.145 e. The molecule has 3 rings (SSSR count). The number of nitrogens with zero attached hydrogens (tertiary/aromatic N) is 1. The molecule has 1 heterocycles. The SMILES string of the molecule is COc1cccc2c(NCCc3ccccc3)cc(C)nc12. The van der Waals surface area contributed by atoms with Gasteiger partial charge < -0.3 is 10.1 Å². The number of aromatic nitrogens is 1. The van der Waals surface area contributed by atoms with E-state index in [0.717, 1.165) is 41.0 Å². The molecule has 0 fully saturated rings. The van der Waals surface area contributed by atoms with Gasteiger partial charge in [0.25, 0.3) is 0 Å². The molecule has 0 aliphatic rings. The van der Waals surface area contributed by atoms with Gasteiger partial charge in [0.2, 0.25) is 0 Å². The molecule has 1 N–H and O–H groups in total. The van der Waals surface area contributed by atoms with E-state index < -0.39 is 0 Å². The van der Waals surface area contributed by atoms with Crippen molar-refractivity contribution in [1.82, 2.24) is 4.98 Å². The maximum atomic E-state index is 5.42. The predicted octanol–water partition coefficient (Wildman–Crippen LogP) is 4.21. The van der Waals surface area contributed by atoms with Crippen molar-refractivity contribution in [3.8, 4) is 5.75 Å². The van der Waals surface area contributed by atoms with Crippen LogP contribution in [-0.4, -0.2) is 18.6 Å². The molecule has 0 saturated heterocycles. The van der Waals surface area contributed by atoms with Gasteiger partial charge in [-0.05, 0) is 31.0 Å². The first kappa shape index (κ1) is 14.4. The lowest BCUT2D eigenvalue weighted by molar-refractivity contribution is 0.419. The van der Waals surface area contributed by atoms with Crippen LogP contribution < -0.4 is 10.1 Å². The molecular weight excluding hydrogens is 272 g/mol. The Balaban J connectivity index is 1.84. The lowest BCUT2D eigenvalue weighted by atomic mass is 10.1. The van der Waals surface area contributed by atoms with Crippen molar-refractivity contribution in [2.75, 3.05) is 19.0 Å². The van der Waals surface area contributed by atoms with Crippen molar-refractivity contribution in [2.45, 2.75) is 13.3 Å². The van der Waals surface area contributed by atoms with Crippen LogP contribution in [0.1, 0.15) is 11.3 Å². The van der Waals surface area contributed by atoms with Gasteiger partial charge in [0, 0.05) is 23.3 Å². The van der Waals surface area contributed by atoms with E-state index in [2.05, 4.69) is 46.7 Å². The first-order valence-corrected chi connectivity index (χ1v) is 7.50. The number of nitrogens with one attached hydrogen (secondary N) is 1. The van der Waals surface area contributed by atoms with Crippen molar-refractivity contribution in [3.63, 3.8) is 0 Å². The Kier molecular flexibility index (Phi) is 4.24. The fraction of sp³-hybridized carbons (Fsp3) is 0.211. The molecule has 3 heteroatoms. The summed E-state index contributed by atoms with van der Waals surface area (Å²) in [4.78, 5) is 4.61. The summed E-state index contributed by atoms with van der Waals surface area (Å²) >= 11 is 0. The highest BCUT2D eigenvalue weighted by molar-refractivity contribution is 5.95. The molecule has 112 valence electrons. The van der Waals surface area contributed by atoms with Crippen LogP contribution >= 0.6 is 0 Å². The topological polar surface area (TPSA) is 34.1 Å². The minimum absolute atomic E-state index is 0.812. The number of fused-ring (bicyclic) bond motifs is 1. The Bertz CT molecular complexity index is 769. The van der Waals surface area contributed by atoms with Crippen molar-refractivity contribution in [1.29, 1.82) is 0 Å². The molecule has 2 aromatic carbocycles. The lowest BCUT2D eigenvalue weighted by Gasteiger charge is -2.12. The van der Waals surface area contributed by atoms with Crippen LogP contribution in [0.4, 0.5) is 5.69 Å². The normalized spacial score (nSPS) is 10.6. The molecule has 0 radical (unpaired) electrons. The van der Waals surface area contributed by atoms with Crippen LogP contribution in [0.15, 0.2) is 54.6 Å². The quantitative estimate of drug-likeness (QED) is 0.765. The van der Waals surface area contributed by atoms with Gasteiger partial charge in [0.15, 0.2) is 0 Å². The van der Waals surface area contributed by atoms with Gasteiger partial charge in [-0.2, -0.15) is 0 Å². The molecule has 0 aliphatic carbocycles. The zero-order valence-corrected chi connectivity index (χ0v) is 13.0. The van der Waals surface area contributed by atoms with Crippen molar-refractivity contribution < 1.29 is 4.74 Å². The Hall–Kier alpha value is -2.55. The average Bonchev–Trinajstić information content (AvgIpc) is 2.55. The van der Waals surface area contributed by atoms with Crippen molar-refractivity contribution in [2.24, 2.45) is 0 Å². The number of hydrogen-bond acceptors (Lipinski definition) is 3. The van der Waals surface area contributed by atoms with E-state index in [-0.39, 0.29) is 0 Å². The summed E-state index contributed by atoms with van der Waals surface area (Å²) in [5.74, 6) is 0.812. The highest BCUT2D eigenvalue weighted by atomic mass is 16.5. The van der Waals surface area contributed by atoms with Gasteiger partial charge in [0.05, 0.1) is 7.11 Å². The van der Waals surface area contributed by atoms with E-state index in [1.54, 1.807) is 7.11 Å². The van der Waals surface area contributed by atoms with Crippen LogP contribution in [0.2, 0.25) is 0 Å². The predicted molar refractivity (Wildman–Crippen MR) is 91.7 cm³/mol. The van der Waals surface area contributed by atoms with Gasteiger partial charge in [-0.15, -0.1) is 0 Å². The average molecular weight is 292 g/mol. The maximum absolute atomic E-state index is 5.42. The highest BCUT2D eigenvalue weighted by Gasteiger charge is 2.08. The second kappa shape index (κ2) is 6.48. The Labute approximate surface area is 131 Å². The van der Waals surface area contributed by atoms with Gasteiger partial charge in [-0.1, -0.05) is 42.5 Å². The lowest BCUT2D eigenvalue weighted by Crippen LogP contribution is -2.06. The van der Waals surface area contributed by atoms with Crippen LogP contribution in [0.3, 0.4) is 0 Å². The smallest absolute Gasteiger partial charge is 0.145 e. The fourth-order valence-corrected chi connectivity index (χ4v) is 2.65. The summed E-state index contributed by atoms with van der Waals surface area (Å²) in [5, 5.41) is 4.63. The summed E-state index contributed by atoms with van der Waals surface area (Å²) in [6, 6.07) is 18.6. The molecule has 3 nitrogen and oxygen atoms in total. The first-order valence-electron chi connectivity index (χ1n) is 7.50. The summed E-state index contributed by atoms with van der Waals surface area (Å²) in [6.07, 6.45) is 0.994. The van der Waals surface area contributed by atoms with Crippen molar-refractivity contribution in [3.05, 3.63) is 65.9 Å². The summed E-state index contributed by atoms with van der Waals surface area (Å²) in [5.41, 5.74) is 4.34. The molecule has 0 spiro atoms. The van der Waals surface area contributed by atoms with E-state index in [9.17, 15) is 0 Å². The molecule has 0 unspecified atom stereocenters. The second-order valence-corrected chi connectivity index (χ2v) is 5.33. The third-order valence-electron chi connectivity index (χ3n) is 3.72. The molecule has 1 aromatic heterocycles. The highest BCUT2D eigenvalue weighted by Crippen LogP contribution is 2.29. The van der Waals surface area contributed by atoms with Crippen LogP contribution in [0.25, 0.3) is 10.9 Å². The number of pyridine rings is 1. The summed E-state index contributed by atoms with van der Waals surface area (Å²) in [6.45, 7) is 2.90. The Morgan fingerprint density at radius 3 is 2.64 bits per heavy atom. The van der Waals surface area contributed by atoms with Crippen LogP contribution in [-0.2, 0) is 6.42 Å². The zero-order valence-electron chi connectivity index (χ0n) is 13.0. The van der Waals surface area contributed by atoms with Crippen LogP contribution in [0, 0.1) is 6.92 Å². The fourth-order valence-electron chi connectivity index (χ4n) is 2.65. The number of hydrogen-bond donors (Lipinski definition) is 1. The summed E-state index contributed by atoms with van der Waals surface area (Å²) < 4.78 is 5.42. The molecule has 0 aliphatic heterocycles. The molecule has 0 atom stereocenters. The Morgan fingerprint density at radius 2 is 1.86 bits per heavy atom. The minimum atomic E-state index is 0.812. The van der Waals surface area contributed by atoms with E-state index in [1.807, 2.05) is 25.1 Å². The van der Waals surface area contributed by atoms with Crippen LogP contribution in [0.5, 0.6) is 5.75 Å². The number of anilines is 1. The minimum Gasteiger partial charge on any atom is -0.494 e. The van der Waals surface area contributed by atoms with E-state index in [0.29, 0.717) is 0 Å². The first-order chi connectivity index (χ1) is 10.8. The van der Waals surface area contributed by atoms with Gasteiger partial charge in [0.1, 0.15) is 11.3 Å². The number of rotatable bonds is 5. The van der Waals surface area contributed by atoms with Gasteiger partial charge in [-0.25, -0.2) is 4.98 Å². The molecule has 0 saturated carbocycles. The van der Waals surface area contributed by atoms with E-state index in [4.69, 9.17) is 4.74 Å². The van der Waals surface area contributed by atoms with Crippen molar-refractivity contribution >= 4 is 16.6 Å². The molecule has 0 bridgehead atoms. The number of para-hydroxylation sites is 1. The second-order valence-electron chi connectivity index (χ2n) is 5.33. The third kappa shape index (κ3) is 3.03. The third-order valence-corrected chi connectivity index (χ3v) is 3.72. The summed E-state index contributed by atoms with van der Waals surface area (Å²) in [7, 11) is 1.68. The largest absolute Gasteiger partial charge is 0.494 e. The zero-order chi connectivity index (χ0) is 15.4. The van der Waals surface area contributed by atoms with E-state index >= 15 is 0 Å². The van der Waals surface area contributed by atoms with Gasteiger partial charge in [-0.3, -0.25) is 0 Å². The molecule has 3 aromatic rings. The number of benzene rings is 2. The molecule has 22 heavy (non-hydrogen) atoms. The number of methoxy groups -OCH3 is 1. The monoisotopic (exact) mass is 292 g/mol. The van der Waals surface area contributed by atoms with Gasteiger partial charge >= 0.3 is 0 Å². The Morgan fingerprint density at radius 1 is 1.05 bits per heavy atom. The standard InChI is InChI=1S/C19H20N2O/c1-14-13-17(20-12-11-15-7-4-3-5-8-15)16-9-6-10-18(22-2)19(16)21-14/h3-10,13H,11-12H2,1-2H3,(H,20,21). The van der Waals surface area contributed by atoms with E-state index in [1.165, 1.54) is 5.56 Å². The molecular formula is C19H20N2O. The molecule has 0 amide bonds. The number of ether oxygens (including phenoxy) is 1. The number of aryl methyl sites for hydroxylation is 1.